The topological polar surface area (TPSA) is 70.7 Å². The van der Waals surface area contributed by atoms with Crippen molar-refractivity contribution < 1.29 is 14.3 Å². The zero-order chi connectivity index (χ0) is 20.0. The standard InChI is InChI=1S/C20H24ClN3O3/c1-13-9-10-18(27-4)16(11-13)23-20(26)19(25)22-12-17(24(2)3)14-7-5-6-8-15(14)21/h5-11,17H,12H2,1-4H3,(H,22,25)(H,23,26). The second-order valence-corrected chi connectivity index (χ2v) is 6.78. The van der Waals surface area contributed by atoms with E-state index in [4.69, 9.17) is 16.3 Å². The van der Waals surface area contributed by atoms with Gasteiger partial charge in [-0.2, -0.15) is 0 Å². The molecular formula is C20H24ClN3O3. The van der Waals surface area contributed by atoms with Crippen LogP contribution in [0, 0.1) is 6.92 Å². The van der Waals surface area contributed by atoms with Gasteiger partial charge in [-0.15, -0.1) is 0 Å². The Bertz CT molecular complexity index is 824. The number of hydrogen-bond acceptors (Lipinski definition) is 4. The van der Waals surface area contributed by atoms with Crippen molar-refractivity contribution in [2.45, 2.75) is 13.0 Å². The van der Waals surface area contributed by atoms with Gasteiger partial charge in [0.05, 0.1) is 18.8 Å². The fourth-order valence-corrected chi connectivity index (χ4v) is 2.95. The van der Waals surface area contributed by atoms with Crippen LogP contribution in [0.5, 0.6) is 5.75 Å². The number of carbonyl (C=O) groups is 2. The number of benzene rings is 2. The van der Waals surface area contributed by atoms with Crippen LogP contribution in [-0.2, 0) is 9.59 Å². The fraction of sp³-hybridized carbons (Fsp3) is 0.300. The van der Waals surface area contributed by atoms with E-state index in [1.165, 1.54) is 7.11 Å². The quantitative estimate of drug-likeness (QED) is 0.745. The highest BCUT2D eigenvalue weighted by molar-refractivity contribution is 6.39. The van der Waals surface area contributed by atoms with Gasteiger partial charge in [-0.25, -0.2) is 0 Å². The molecule has 0 fully saturated rings. The van der Waals surface area contributed by atoms with Gasteiger partial charge in [0.1, 0.15) is 5.75 Å². The fourth-order valence-electron chi connectivity index (χ4n) is 2.68. The van der Waals surface area contributed by atoms with E-state index in [0.29, 0.717) is 16.5 Å². The maximum atomic E-state index is 12.3. The van der Waals surface area contributed by atoms with Crippen molar-refractivity contribution in [3.63, 3.8) is 0 Å². The Morgan fingerprint density at radius 1 is 1.15 bits per heavy atom. The van der Waals surface area contributed by atoms with E-state index < -0.39 is 11.8 Å². The lowest BCUT2D eigenvalue weighted by Gasteiger charge is -2.25. The molecule has 2 amide bonds. The minimum Gasteiger partial charge on any atom is -0.495 e. The highest BCUT2D eigenvalue weighted by atomic mass is 35.5. The van der Waals surface area contributed by atoms with Gasteiger partial charge in [0.15, 0.2) is 0 Å². The lowest BCUT2D eigenvalue weighted by Crippen LogP contribution is -2.40. The van der Waals surface area contributed by atoms with Crippen LogP contribution in [0.1, 0.15) is 17.2 Å². The molecule has 2 N–H and O–H groups in total. The number of amides is 2. The normalized spacial score (nSPS) is 11.8. The smallest absolute Gasteiger partial charge is 0.313 e. The molecule has 1 atom stereocenters. The second-order valence-electron chi connectivity index (χ2n) is 6.37. The van der Waals surface area contributed by atoms with Crippen molar-refractivity contribution in [2.24, 2.45) is 0 Å². The van der Waals surface area contributed by atoms with Gasteiger partial charge in [-0.05, 0) is 50.3 Å². The lowest BCUT2D eigenvalue weighted by atomic mass is 10.1. The molecule has 27 heavy (non-hydrogen) atoms. The van der Waals surface area contributed by atoms with Crippen molar-refractivity contribution in [1.82, 2.24) is 10.2 Å². The molecule has 1 unspecified atom stereocenters. The largest absolute Gasteiger partial charge is 0.495 e. The Labute approximate surface area is 164 Å². The summed E-state index contributed by atoms with van der Waals surface area (Å²) in [6.07, 6.45) is 0. The molecule has 2 aromatic carbocycles. The third-order valence-corrected chi connectivity index (χ3v) is 4.50. The van der Waals surface area contributed by atoms with Crippen molar-refractivity contribution in [3.8, 4) is 5.75 Å². The highest BCUT2D eigenvalue weighted by Gasteiger charge is 2.21. The number of aryl methyl sites for hydroxylation is 1. The van der Waals surface area contributed by atoms with Crippen LogP contribution in [0.25, 0.3) is 0 Å². The van der Waals surface area contributed by atoms with Crippen LogP contribution < -0.4 is 15.4 Å². The van der Waals surface area contributed by atoms with E-state index in [2.05, 4.69) is 10.6 Å². The van der Waals surface area contributed by atoms with Crippen LogP contribution in [0.3, 0.4) is 0 Å². The number of rotatable bonds is 6. The zero-order valence-corrected chi connectivity index (χ0v) is 16.6. The zero-order valence-electron chi connectivity index (χ0n) is 15.9. The molecular weight excluding hydrogens is 366 g/mol. The molecule has 0 aromatic heterocycles. The van der Waals surface area contributed by atoms with Crippen molar-refractivity contribution in [1.29, 1.82) is 0 Å². The van der Waals surface area contributed by atoms with Crippen molar-refractivity contribution in [3.05, 3.63) is 58.6 Å². The number of anilines is 1. The van der Waals surface area contributed by atoms with Crippen LogP contribution in [0.2, 0.25) is 5.02 Å². The summed E-state index contributed by atoms with van der Waals surface area (Å²) in [7, 11) is 5.28. The van der Waals surface area contributed by atoms with Gasteiger partial charge in [0.25, 0.3) is 0 Å². The first-order chi connectivity index (χ1) is 12.8. The number of likely N-dealkylation sites (N-methyl/N-ethyl adjacent to an activating group) is 1. The Kier molecular flexibility index (Phi) is 7.21. The first-order valence-electron chi connectivity index (χ1n) is 8.48. The molecule has 0 heterocycles. The summed E-state index contributed by atoms with van der Waals surface area (Å²) in [5.41, 5.74) is 2.27. The second kappa shape index (κ2) is 9.39. The SMILES string of the molecule is COc1ccc(C)cc1NC(=O)C(=O)NCC(c1ccccc1Cl)N(C)C. The first kappa shape index (κ1) is 20.7. The van der Waals surface area contributed by atoms with Crippen LogP contribution in [0.4, 0.5) is 5.69 Å². The minimum absolute atomic E-state index is 0.163. The van der Waals surface area contributed by atoms with Gasteiger partial charge >= 0.3 is 11.8 Å². The molecule has 6 nitrogen and oxygen atoms in total. The maximum Gasteiger partial charge on any atom is 0.313 e. The summed E-state index contributed by atoms with van der Waals surface area (Å²) in [5.74, 6) is -0.989. The summed E-state index contributed by atoms with van der Waals surface area (Å²) in [6.45, 7) is 2.13. The number of hydrogen-bond donors (Lipinski definition) is 2. The molecule has 2 aromatic rings. The summed E-state index contributed by atoms with van der Waals surface area (Å²) < 4.78 is 5.21. The van der Waals surface area contributed by atoms with E-state index in [1.54, 1.807) is 18.2 Å². The first-order valence-corrected chi connectivity index (χ1v) is 8.86. The van der Waals surface area contributed by atoms with Crippen molar-refractivity contribution in [2.75, 3.05) is 33.1 Å². The van der Waals surface area contributed by atoms with Crippen LogP contribution in [-0.4, -0.2) is 44.5 Å². The minimum atomic E-state index is -0.754. The van der Waals surface area contributed by atoms with E-state index in [-0.39, 0.29) is 12.6 Å². The summed E-state index contributed by atoms with van der Waals surface area (Å²) in [6, 6.07) is 12.6. The third kappa shape index (κ3) is 5.45. The molecule has 0 aliphatic heterocycles. The summed E-state index contributed by atoms with van der Waals surface area (Å²) >= 11 is 6.26. The maximum absolute atomic E-state index is 12.3. The summed E-state index contributed by atoms with van der Waals surface area (Å²) in [5, 5.41) is 5.87. The number of methoxy groups -OCH3 is 1. The Morgan fingerprint density at radius 2 is 1.85 bits per heavy atom. The van der Waals surface area contributed by atoms with E-state index >= 15 is 0 Å². The average Bonchev–Trinajstić information content (AvgIpc) is 2.63. The third-order valence-electron chi connectivity index (χ3n) is 4.15. The van der Waals surface area contributed by atoms with Crippen LogP contribution >= 0.6 is 11.6 Å². The lowest BCUT2D eigenvalue weighted by molar-refractivity contribution is -0.136. The van der Waals surface area contributed by atoms with Gasteiger partial charge in [-0.1, -0.05) is 35.9 Å². The number of nitrogens with one attached hydrogen (secondary N) is 2. The van der Waals surface area contributed by atoms with E-state index in [1.807, 2.05) is 50.2 Å². The molecule has 2 rings (SSSR count). The number of ether oxygens (including phenoxy) is 1. The Hall–Kier alpha value is -2.57. The molecule has 0 aliphatic carbocycles. The van der Waals surface area contributed by atoms with Crippen molar-refractivity contribution >= 4 is 29.1 Å². The molecule has 0 spiro atoms. The van der Waals surface area contributed by atoms with Crippen LogP contribution in [0.15, 0.2) is 42.5 Å². The van der Waals surface area contributed by atoms with E-state index in [0.717, 1.165) is 11.1 Å². The van der Waals surface area contributed by atoms with Gasteiger partial charge < -0.3 is 20.3 Å². The molecule has 0 aliphatic rings. The van der Waals surface area contributed by atoms with Gasteiger partial charge in [0.2, 0.25) is 0 Å². The Balaban J connectivity index is 2.04. The molecule has 0 saturated carbocycles. The molecule has 0 bridgehead atoms. The summed E-state index contributed by atoms with van der Waals surface area (Å²) in [4.78, 5) is 26.5. The number of carbonyl (C=O) groups excluding carboxylic acids is 2. The number of halogens is 1. The average molecular weight is 390 g/mol. The molecule has 0 radical (unpaired) electrons. The molecule has 0 saturated heterocycles. The molecule has 144 valence electrons. The van der Waals surface area contributed by atoms with Gasteiger partial charge in [0, 0.05) is 11.6 Å². The van der Waals surface area contributed by atoms with Gasteiger partial charge in [-0.3, -0.25) is 9.59 Å². The Morgan fingerprint density at radius 3 is 2.48 bits per heavy atom. The number of nitrogens with zero attached hydrogens (tertiary/aromatic N) is 1. The highest BCUT2D eigenvalue weighted by Crippen LogP contribution is 2.26. The predicted octanol–water partition coefficient (Wildman–Crippen LogP) is 3.01. The van der Waals surface area contributed by atoms with E-state index in [9.17, 15) is 9.59 Å². The predicted molar refractivity (Wildman–Crippen MR) is 107 cm³/mol. The monoisotopic (exact) mass is 389 g/mol. The molecule has 7 heteroatoms.